The Morgan fingerprint density at radius 2 is 1.80 bits per heavy atom. The lowest BCUT2D eigenvalue weighted by Crippen LogP contribution is -2.15. The summed E-state index contributed by atoms with van der Waals surface area (Å²) in [6, 6.07) is 0. The van der Waals surface area contributed by atoms with E-state index in [0.717, 1.165) is 5.92 Å². The van der Waals surface area contributed by atoms with Crippen LogP contribution in [-0.4, -0.2) is 5.16 Å². The summed E-state index contributed by atoms with van der Waals surface area (Å²) >= 11 is 12.0. The van der Waals surface area contributed by atoms with Crippen LogP contribution in [0.1, 0.15) is 32.1 Å². The molecule has 0 spiro atoms. The molecular formula is C7H11Cl2P. The Morgan fingerprint density at radius 1 is 1.20 bits per heavy atom. The van der Waals surface area contributed by atoms with Crippen LogP contribution in [0, 0.1) is 5.92 Å². The Kier molecular flexibility index (Phi) is 1.92. The van der Waals surface area contributed by atoms with E-state index in [4.69, 9.17) is 22.5 Å². The zero-order chi connectivity index (χ0) is 7.19. The molecule has 2 aliphatic carbocycles. The van der Waals surface area contributed by atoms with Crippen molar-refractivity contribution < 1.29 is 0 Å². The minimum absolute atomic E-state index is 0.406. The van der Waals surface area contributed by atoms with Crippen molar-refractivity contribution in [2.45, 2.75) is 37.3 Å². The van der Waals surface area contributed by atoms with Crippen LogP contribution < -0.4 is 0 Å². The highest BCUT2D eigenvalue weighted by Crippen LogP contribution is 2.71. The molecule has 0 aromatic rings. The molecule has 0 nitrogen and oxygen atoms in total. The van der Waals surface area contributed by atoms with Gasteiger partial charge in [0.2, 0.25) is 0 Å². The lowest BCUT2D eigenvalue weighted by Gasteiger charge is -2.26. The highest BCUT2D eigenvalue weighted by atomic mass is 35.9. The zero-order valence-electron chi connectivity index (χ0n) is 5.82. The maximum Gasteiger partial charge on any atom is 0.0917 e. The minimum Gasteiger partial charge on any atom is -0.0775 e. The van der Waals surface area contributed by atoms with Crippen LogP contribution >= 0.6 is 29.1 Å². The molecular weight excluding hydrogens is 186 g/mol. The third-order valence-corrected chi connectivity index (χ3v) is 6.56. The lowest BCUT2D eigenvalue weighted by atomic mass is 10.0. The molecule has 0 aromatic carbocycles. The summed E-state index contributed by atoms with van der Waals surface area (Å²) in [4.78, 5) is 0. The predicted molar refractivity (Wildman–Crippen MR) is 47.9 cm³/mol. The summed E-state index contributed by atoms with van der Waals surface area (Å²) in [5.74, 6) is 0.975. The van der Waals surface area contributed by atoms with E-state index in [1.165, 1.54) is 32.1 Å². The number of hydrogen-bond acceptors (Lipinski definition) is 0. The molecule has 0 N–H and O–H groups in total. The Morgan fingerprint density at radius 3 is 2.00 bits per heavy atom. The van der Waals surface area contributed by atoms with Crippen molar-refractivity contribution in [1.29, 1.82) is 0 Å². The van der Waals surface area contributed by atoms with Gasteiger partial charge in [-0.25, -0.2) is 0 Å². The first-order valence-corrected chi connectivity index (χ1v) is 7.00. The van der Waals surface area contributed by atoms with Gasteiger partial charge in [-0.1, -0.05) is 22.5 Å². The second kappa shape index (κ2) is 2.51. The van der Waals surface area contributed by atoms with Crippen molar-refractivity contribution in [3.8, 4) is 0 Å². The van der Waals surface area contributed by atoms with Gasteiger partial charge in [0.15, 0.2) is 0 Å². The lowest BCUT2D eigenvalue weighted by molar-refractivity contribution is 0.498. The molecule has 0 amide bonds. The molecule has 2 rings (SSSR count). The molecule has 0 atom stereocenters. The summed E-state index contributed by atoms with van der Waals surface area (Å²) in [6.07, 6.45) is 6.70. The van der Waals surface area contributed by atoms with Crippen molar-refractivity contribution in [1.82, 2.24) is 0 Å². The van der Waals surface area contributed by atoms with Crippen LogP contribution in [0.25, 0.3) is 0 Å². The Labute approximate surface area is 72.6 Å². The SMILES string of the molecule is ClP(Cl)C12CCC(CC1)C2. The fourth-order valence-corrected chi connectivity index (χ4v) is 4.82. The van der Waals surface area contributed by atoms with Gasteiger partial charge in [-0.15, -0.1) is 0 Å². The van der Waals surface area contributed by atoms with E-state index in [9.17, 15) is 0 Å². The van der Waals surface area contributed by atoms with Gasteiger partial charge in [-0.05, 0) is 38.0 Å². The Hall–Kier alpha value is 1.01. The number of rotatable bonds is 1. The molecule has 0 heterocycles. The zero-order valence-corrected chi connectivity index (χ0v) is 8.22. The number of halogens is 2. The average Bonchev–Trinajstić information content (AvgIpc) is 2.45. The molecule has 2 aliphatic rings. The summed E-state index contributed by atoms with van der Waals surface area (Å²) in [5, 5.41) is 0.406. The van der Waals surface area contributed by atoms with Crippen LogP contribution in [0.5, 0.6) is 0 Å². The number of fused-ring (bicyclic) bond motifs is 2. The standard InChI is InChI=1S/C7H11Cl2P/c8-10(9)7-3-1-6(5-7)2-4-7/h6H,1-5H2. The molecule has 0 aliphatic heterocycles. The van der Waals surface area contributed by atoms with Gasteiger partial charge >= 0.3 is 0 Å². The highest BCUT2D eigenvalue weighted by Gasteiger charge is 2.48. The van der Waals surface area contributed by atoms with Crippen LogP contribution in [0.2, 0.25) is 0 Å². The largest absolute Gasteiger partial charge is 0.0917 e. The van der Waals surface area contributed by atoms with E-state index in [0.29, 0.717) is 5.16 Å². The van der Waals surface area contributed by atoms with E-state index >= 15 is 0 Å². The van der Waals surface area contributed by atoms with Gasteiger partial charge < -0.3 is 0 Å². The van der Waals surface area contributed by atoms with Crippen molar-refractivity contribution in [3.63, 3.8) is 0 Å². The fraction of sp³-hybridized carbons (Fsp3) is 1.00. The van der Waals surface area contributed by atoms with Crippen LogP contribution in [-0.2, 0) is 0 Å². The van der Waals surface area contributed by atoms with Gasteiger partial charge in [0.25, 0.3) is 0 Å². The maximum absolute atomic E-state index is 6.00. The average molecular weight is 197 g/mol. The van der Waals surface area contributed by atoms with E-state index in [1.54, 1.807) is 0 Å². The van der Waals surface area contributed by atoms with Gasteiger partial charge in [0.1, 0.15) is 0 Å². The second-order valence-corrected chi connectivity index (χ2v) is 7.57. The molecule has 2 saturated carbocycles. The van der Waals surface area contributed by atoms with Crippen molar-refractivity contribution in [2.24, 2.45) is 5.92 Å². The molecule has 0 radical (unpaired) electrons. The van der Waals surface area contributed by atoms with Gasteiger partial charge in [0, 0.05) is 5.16 Å². The maximum atomic E-state index is 6.00. The fourth-order valence-electron chi connectivity index (χ4n) is 2.40. The third kappa shape index (κ3) is 1.00. The first-order chi connectivity index (χ1) is 4.73. The second-order valence-electron chi connectivity index (χ2n) is 3.60. The van der Waals surface area contributed by atoms with Crippen LogP contribution in [0.3, 0.4) is 0 Å². The van der Waals surface area contributed by atoms with Gasteiger partial charge in [0.05, 0.1) is 6.63 Å². The summed E-state index contributed by atoms with van der Waals surface area (Å²) in [7, 11) is 0. The molecule has 2 fully saturated rings. The molecule has 10 heavy (non-hydrogen) atoms. The van der Waals surface area contributed by atoms with E-state index in [2.05, 4.69) is 0 Å². The minimum atomic E-state index is -0.700. The summed E-state index contributed by atoms with van der Waals surface area (Å²) < 4.78 is 0. The smallest absolute Gasteiger partial charge is 0.0775 e. The predicted octanol–water partition coefficient (Wildman–Crippen LogP) is 4.11. The van der Waals surface area contributed by atoms with E-state index in [1.807, 2.05) is 0 Å². The molecule has 2 bridgehead atoms. The van der Waals surface area contributed by atoms with Crippen molar-refractivity contribution in [2.75, 3.05) is 0 Å². The first-order valence-electron chi connectivity index (χ1n) is 3.85. The third-order valence-electron chi connectivity index (χ3n) is 3.06. The van der Waals surface area contributed by atoms with E-state index < -0.39 is 6.63 Å². The quantitative estimate of drug-likeness (QED) is 0.555. The Bertz CT molecular complexity index is 139. The topological polar surface area (TPSA) is 0 Å². The highest BCUT2D eigenvalue weighted by molar-refractivity contribution is 8.04. The van der Waals surface area contributed by atoms with Crippen LogP contribution in [0.15, 0.2) is 0 Å². The molecule has 0 unspecified atom stereocenters. The summed E-state index contributed by atoms with van der Waals surface area (Å²) in [5.41, 5.74) is 0. The van der Waals surface area contributed by atoms with Crippen LogP contribution in [0.4, 0.5) is 0 Å². The van der Waals surface area contributed by atoms with E-state index in [-0.39, 0.29) is 0 Å². The Balaban J connectivity index is 2.15. The van der Waals surface area contributed by atoms with Crippen molar-refractivity contribution in [3.05, 3.63) is 0 Å². The van der Waals surface area contributed by atoms with Crippen molar-refractivity contribution >= 4 is 29.1 Å². The first kappa shape index (κ1) is 7.65. The van der Waals surface area contributed by atoms with Gasteiger partial charge in [-0.2, -0.15) is 0 Å². The molecule has 0 saturated heterocycles. The monoisotopic (exact) mass is 196 g/mol. The normalized spacial score (nSPS) is 45.3. The molecule has 3 heteroatoms. The number of hydrogen-bond donors (Lipinski definition) is 0. The summed E-state index contributed by atoms with van der Waals surface area (Å²) in [6.45, 7) is -0.700. The molecule has 0 aromatic heterocycles. The molecule has 58 valence electrons. The van der Waals surface area contributed by atoms with Gasteiger partial charge in [-0.3, -0.25) is 0 Å².